The highest BCUT2D eigenvalue weighted by molar-refractivity contribution is 5.97. The van der Waals surface area contributed by atoms with E-state index in [2.05, 4.69) is 4.98 Å². The van der Waals surface area contributed by atoms with Gasteiger partial charge in [-0.2, -0.15) is 0 Å². The number of para-hydroxylation sites is 1. The minimum atomic E-state index is -0.0442. The SMILES string of the molecule is CN(Cc1cccc2c1OCO2)C(=O)c1ccc2ncccc2c1. The van der Waals surface area contributed by atoms with Gasteiger partial charge in [0.25, 0.3) is 5.91 Å². The molecule has 0 spiro atoms. The van der Waals surface area contributed by atoms with E-state index in [9.17, 15) is 4.79 Å². The molecule has 24 heavy (non-hydrogen) atoms. The van der Waals surface area contributed by atoms with Gasteiger partial charge in [0.2, 0.25) is 6.79 Å². The Morgan fingerprint density at radius 2 is 2.08 bits per heavy atom. The fourth-order valence-corrected chi connectivity index (χ4v) is 2.87. The maximum absolute atomic E-state index is 12.7. The van der Waals surface area contributed by atoms with Crippen molar-refractivity contribution < 1.29 is 14.3 Å². The van der Waals surface area contributed by atoms with Crippen molar-refractivity contribution in [2.24, 2.45) is 0 Å². The lowest BCUT2D eigenvalue weighted by molar-refractivity contribution is 0.0784. The summed E-state index contributed by atoms with van der Waals surface area (Å²) < 4.78 is 10.9. The number of ether oxygens (including phenoxy) is 2. The summed E-state index contributed by atoms with van der Waals surface area (Å²) in [5.41, 5.74) is 2.45. The monoisotopic (exact) mass is 320 g/mol. The zero-order valence-electron chi connectivity index (χ0n) is 13.2. The Labute approximate surface area is 139 Å². The molecule has 3 aromatic rings. The zero-order chi connectivity index (χ0) is 16.5. The average molecular weight is 320 g/mol. The summed E-state index contributed by atoms with van der Waals surface area (Å²) in [6, 6.07) is 15.1. The molecule has 1 aromatic heterocycles. The number of hydrogen-bond donors (Lipinski definition) is 0. The summed E-state index contributed by atoms with van der Waals surface area (Å²) in [4.78, 5) is 18.7. The lowest BCUT2D eigenvalue weighted by Crippen LogP contribution is -2.26. The highest BCUT2D eigenvalue weighted by atomic mass is 16.7. The number of nitrogens with zero attached hydrogens (tertiary/aromatic N) is 2. The number of hydrogen-bond acceptors (Lipinski definition) is 4. The smallest absolute Gasteiger partial charge is 0.253 e. The predicted octanol–water partition coefficient (Wildman–Crippen LogP) is 3.24. The Hall–Kier alpha value is -3.08. The molecule has 1 aliphatic rings. The largest absolute Gasteiger partial charge is 0.454 e. The second kappa shape index (κ2) is 5.85. The van der Waals surface area contributed by atoms with Crippen molar-refractivity contribution in [2.45, 2.75) is 6.54 Å². The summed E-state index contributed by atoms with van der Waals surface area (Å²) >= 11 is 0. The molecule has 0 saturated carbocycles. The van der Waals surface area contributed by atoms with Crippen molar-refractivity contribution in [3.05, 3.63) is 65.9 Å². The number of carbonyl (C=O) groups excluding carboxylic acids is 1. The van der Waals surface area contributed by atoms with Crippen molar-refractivity contribution in [3.8, 4) is 11.5 Å². The molecule has 2 heterocycles. The number of pyridine rings is 1. The Bertz CT molecular complexity index is 923. The molecule has 120 valence electrons. The maximum Gasteiger partial charge on any atom is 0.253 e. The molecule has 0 radical (unpaired) electrons. The first-order valence-corrected chi connectivity index (χ1v) is 7.70. The fourth-order valence-electron chi connectivity index (χ4n) is 2.87. The van der Waals surface area contributed by atoms with Crippen LogP contribution in [-0.2, 0) is 6.54 Å². The number of amides is 1. The van der Waals surface area contributed by atoms with Gasteiger partial charge in [-0.15, -0.1) is 0 Å². The van der Waals surface area contributed by atoms with Crippen LogP contribution in [0.3, 0.4) is 0 Å². The van der Waals surface area contributed by atoms with Gasteiger partial charge in [-0.3, -0.25) is 9.78 Å². The van der Waals surface area contributed by atoms with Crippen LogP contribution in [0.4, 0.5) is 0 Å². The zero-order valence-corrected chi connectivity index (χ0v) is 13.2. The van der Waals surface area contributed by atoms with Gasteiger partial charge in [0, 0.05) is 36.3 Å². The lowest BCUT2D eigenvalue weighted by atomic mass is 10.1. The van der Waals surface area contributed by atoms with E-state index in [4.69, 9.17) is 9.47 Å². The summed E-state index contributed by atoms with van der Waals surface area (Å²) in [6.45, 7) is 0.679. The van der Waals surface area contributed by atoms with Gasteiger partial charge in [-0.05, 0) is 30.3 Å². The van der Waals surface area contributed by atoms with Crippen LogP contribution in [0.15, 0.2) is 54.7 Å². The highest BCUT2D eigenvalue weighted by Gasteiger charge is 2.20. The minimum absolute atomic E-state index is 0.0442. The van der Waals surface area contributed by atoms with Crippen molar-refractivity contribution in [3.63, 3.8) is 0 Å². The Morgan fingerprint density at radius 3 is 3.00 bits per heavy atom. The number of benzene rings is 2. The fraction of sp³-hybridized carbons (Fsp3) is 0.158. The van der Waals surface area contributed by atoms with E-state index < -0.39 is 0 Å². The molecule has 0 bridgehead atoms. The first-order valence-electron chi connectivity index (χ1n) is 7.70. The molecule has 0 atom stereocenters. The molecule has 1 aliphatic heterocycles. The number of fused-ring (bicyclic) bond motifs is 2. The van der Waals surface area contributed by atoms with E-state index >= 15 is 0 Å². The molecule has 1 amide bonds. The standard InChI is InChI=1S/C19H16N2O3/c1-21(11-15-4-2-6-17-18(15)24-12-23-17)19(22)14-7-8-16-13(10-14)5-3-9-20-16/h2-10H,11-12H2,1H3. The van der Waals surface area contributed by atoms with E-state index in [1.165, 1.54) is 0 Å². The third kappa shape index (κ3) is 2.54. The predicted molar refractivity (Wildman–Crippen MR) is 90.1 cm³/mol. The van der Waals surface area contributed by atoms with Crippen molar-refractivity contribution in [1.29, 1.82) is 0 Å². The second-order valence-electron chi connectivity index (χ2n) is 5.72. The minimum Gasteiger partial charge on any atom is -0.454 e. The van der Waals surface area contributed by atoms with Crippen LogP contribution >= 0.6 is 0 Å². The molecular formula is C19H16N2O3. The van der Waals surface area contributed by atoms with Gasteiger partial charge in [0.15, 0.2) is 11.5 Å². The Balaban J connectivity index is 1.58. The molecule has 0 unspecified atom stereocenters. The van der Waals surface area contributed by atoms with Crippen molar-refractivity contribution in [1.82, 2.24) is 9.88 Å². The summed E-state index contributed by atoms with van der Waals surface area (Å²) in [7, 11) is 1.78. The maximum atomic E-state index is 12.7. The van der Waals surface area contributed by atoms with Gasteiger partial charge < -0.3 is 14.4 Å². The van der Waals surface area contributed by atoms with Gasteiger partial charge in [0.05, 0.1) is 5.52 Å². The molecule has 5 heteroatoms. The third-order valence-electron chi connectivity index (χ3n) is 4.08. The van der Waals surface area contributed by atoms with E-state index in [0.29, 0.717) is 12.1 Å². The average Bonchev–Trinajstić information content (AvgIpc) is 3.10. The van der Waals surface area contributed by atoms with Gasteiger partial charge in [-0.25, -0.2) is 0 Å². The van der Waals surface area contributed by atoms with E-state index in [0.717, 1.165) is 28.0 Å². The van der Waals surface area contributed by atoms with Gasteiger partial charge in [0.1, 0.15) is 0 Å². The van der Waals surface area contributed by atoms with Crippen molar-refractivity contribution >= 4 is 16.8 Å². The van der Waals surface area contributed by atoms with Crippen LogP contribution in [0.1, 0.15) is 15.9 Å². The van der Waals surface area contributed by atoms with E-state index in [1.54, 1.807) is 18.1 Å². The normalized spacial score (nSPS) is 12.4. The second-order valence-corrected chi connectivity index (χ2v) is 5.72. The molecule has 0 saturated heterocycles. The summed E-state index contributed by atoms with van der Waals surface area (Å²) in [5.74, 6) is 1.40. The number of rotatable bonds is 3. The van der Waals surface area contributed by atoms with Crippen LogP contribution in [0, 0.1) is 0 Å². The summed E-state index contributed by atoms with van der Waals surface area (Å²) in [5, 5.41) is 0.953. The Morgan fingerprint density at radius 1 is 1.17 bits per heavy atom. The molecule has 0 aliphatic carbocycles. The molecule has 0 fully saturated rings. The number of carbonyl (C=O) groups is 1. The molecule has 4 rings (SSSR count). The topological polar surface area (TPSA) is 51.7 Å². The van der Waals surface area contributed by atoms with Crippen LogP contribution in [0.2, 0.25) is 0 Å². The van der Waals surface area contributed by atoms with Crippen LogP contribution < -0.4 is 9.47 Å². The van der Waals surface area contributed by atoms with Crippen molar-refractivity contribution in [2.75, 3.05) is 13.8 Å². The lowest BCUT2D eigenvalue weighted by Gasteiger charge is -2.18. The molecular weight excluding hydrogens is 304 g/mol. The molecule has 5 nitrogen and oxygen atoms in total. The van der Waals surface area contributed by atoms with Crippen LogP contribution in [0.25, 0.3) is 10.9 Å². The van der Waals surface area contributed by atoms with Crippen LogP contribution in [-0.4, -0.2) is 29.6 Å². The van der Waals surface area contributed by atoms with Gasteiger partial charge >= 0.3 is 0 Å². The first kappa shape index (κ1) is 14.5. The molecule has 2 aromatic carbocycles. The van der Waals surface area contributed by atoms with E-state index in [1.807, 2.05) is 48.5 Å². The summed E-state index contributed by atoms with van der Waals surface area (Å²) in [6.07, 6.45) is 1.74. The quantitative estimate of drug-likeness (QED) is 0.743. The van der Waals surface area contributed by atoms with Gasteiger partial charge in [-0.1, -0.05) is 18.2 Å². The van der Waals surface area contributed by atoms with Crippen LogP contribution in [0.5, 0.6) is 11.5 Å². The molecule has 0 N–H and O–H groups in total. The van der Waals surface area contributed by atoms with E-state index in [-0.39, 0.29) is 12.7 Å². The number of aromatic nitrogens is 1. The first-order chi connectivity index (χ1) is 11.7. The Kier molecular flexibility index (Phi) is 3.54. The third-order valence-corrected chi connectivity index (χ3v) is 4.08. The highest BCUT2D eigenvalue weighted by Crippen LogP contribution is 2.35.